The van der Waals surface area contributed by atoms with Crippen molar-refractivity contribution in [1.82, 2.24) is 15.2 Å². The minimum absolute atomic E-state index is 0.0160. The Morgan fingerprint density at radius 3 is 2.63 bits per heavy atom. The van der Waals surface area contributed by atoms with E-state index in [0.717, 1.165) is 12.1 Å². The van der Waals surface area contributed by atoms with E-state index in [1.807, 2.05) is 0 Å². The molecule has 0 aliphatic heterocycles. The lowest BCUT2D eigenvalue weighted by molar-refractivity contribution is -0.116. The number of carbonyl (C=O) groups is 1. The third-order valence-electron chi connectivity index (χ3n) is 3.57. The average Bonchev–Trinajstić information content (AvgIpc) is 3.11. The molecule has 1 N–H and O–H groups in total. The summed E-state index contributed by atoms with van der Waals surface area (Å²) in [6.45, 7) is 0. The Morgan fingerprint density at radius 1 is 1.15 bits per heavy atom. The number of benzene rings is 1. The summed E-state index contributed by atoms with van der Waals surface area (Å²) >= 11 is 0. The number of amides is 1. The summed E-state index contributed by atoms with van der Waals surface area (Å²) in [5, 5.41) is 9.94. The highest BCUT2D eigenvalue weighted by atomic mass is 32.2. The highest BCUT2D eigenvalue weighted by Gasteiger charge is 2.16. The third kappa shape index (κ3) is 4.94. The van der Waals surface area contributed by atoms with Gasteiger partial charge in [0.1, 0.15) is 5.82 Å². The van der Waals surface area contributed by atoms with Crippen LogP contribution >= 0.6 is 0 Å². The average molecular weight is 390 g/mol. The number of aromatic nitrogens is 3. The number of rotatable bonds is 7. The molecule has 1 amide bonds. The Morgan fingerprint density at radius 2 is 1.93 bits per heavy atom. The van der Waals surface area contributed by atoms with Crippen LogP contribution < -0.4 is 5.32 Å². The number of anilines is 1. The van der Waals surface area contributed by atoms with Gasteiger partial charge in [0.05, 0.1) is 16.2 Å². The molecule has 0 atom stereocenters. The third-order valence-corrected chi connectivity index (χ3v) is 5.39. The zero-order chi connectivity index (χ0) is 19.3. The maximum Gasteiger partial charge on any atom is 0.322 e. The standard InChI is InChI=1S/C17H15FN4O4S/c18-13-5-7-14(8-6-13)27(24,25)10-2-4-15(23)20-17-22-21-16(26-17)12-3-1-9-19-11-12/h1,3,5-9,11H,2,4,10H2,(H,20,22,23). The molecule has 8 nitrogen and oxygen atoms in total. The summed E-state index contributed by atoms with van der Waals surface area (Å²) in [5.74, 6) is -1.00. The van der Waals surface area contributed by atoms with Crippen LogP contribution in [0.2, 0.25) is 0 Å². The van der Waals surface area contributed by atoms with Crippen LogP contribution in [-0.2, 0) is 14.6 Å². The summed E-state index contributed by atoms with van der Waals surface area (Å²) in [5.41, 5.74) is 0.607. The molecule has 0 aliphatic carbocycles. The van der Waals surface area contributed by atoms with Gasteiger partial charge in [0.2, 0.25) is 5.91 Å². The summed E-state index contributed by atoms with van der Waals surface area (Å²) in [6, 6.07) is 7.91. The Bertz CT molecular complexity index is 1020. The lowest BCUT2D eigenvalue weighted by atomic mass is 10.3. The van der Waals surface area contributed by atoms with E-state index in [1.165, 1.54) is 12.1 Å². The second kappa shape index (κ2) is 8.04. The second-order valence-electron chi connectivity index (χ2n) is 5.58. The minimum Gasteiger partial charge on any atom is -0.403 e. The van der Waals surface area contributed by atoms with Crippen molar-refractivity contribution in [3.05, 3.63) is 54.6 Å². The molecule has 0 saturated carbocycles. The van der Waals surface area contributed by atoms with Crippen LogP contribution in [0.1, 0.15) is 12.8 Å². The first-order chi connectivity index (χ1) is 12.9. The first kappa shape index (κ1) is 18.6. The van der Waals surface area contributed by atoms with Gasteiger partial charge in [0.15, 0.2) is 9.84 Å². The number of hydrogen-bond acceptors (Lipinski definition) is 7. The molecule has 0 spiro atoms. The first-order valence-electron chi connectivity index (χ1n) is 7.96. The van der Waals surface area contributed by atoms with Crippen molar-refractivity contribution in [1.29, 1.82) is 0 Å². The van der Waals surface area contributed by atoms with Crippen molar-refractivity contribution in [2.24, 2.45) is 0 Å². The molecule has 10 heteroatoms. The van der Waals surface area contributed by atoms with Crippen LogP contribution in [0.4, 0.5) is 10.4 Å². The molecule has 0 aliphatic rings. The maximum absolute atomic E-state index is 12.9. The van der Waals surface area contributed by atoms with Gasteiger partial charge in [0.25, 0.3) is 5.89 Å². The van der Waals surface area contributed by atoms with E-state index in [4.69, 9.17) is 4.42 Å². The van der Waals surface area contributed by atoms with Crippen molar-refractivity contribution in [2.75, 3.05) is 11.1 Å². The summed E-state index contributed by atoms with van der Waals surface area (Å²) in [4.78, 5) is 15.9. The molecular formula is C17H15FN4O4S. The molecule has 0 bridgehead atoms. The number of carbonyl (C=O) groups excluding carboxylic acids is 1. The summed E-state index contributed by atoms with van der Waals surface area (Å²) < 4.78 is 42.5. The van der Waals surface area contributed by atoms with Gasteiger partial charge in [-0.1, -0.05) is 5.10 Å². The van der Waals surface area contributed by atoms with Crippen LogP contribution in [0.5, 0.6) is 0 Å². The van der Waals surface area contributed by atoms with Crippen molar-refractivity contribution in [3.8, 4) is 11.5 Å². The largest absolute Gasteiger partial charge is 0.403 e. The first-order valence-corrected chi connectivity index (χ1v) is 9.61. The molecule has 0 fully saturated rings. The Kier molecular flexibility index (Phi) is 5.55. The van der Waals surface area contributed by atoms with Gasteiger partial charge in [-0.05, 0) is 42.8 Å². The van der Waals surface area contributed by atoms with Gasteiger partial charge in [-0.2, -0.15) is 0 Å². The van der Waals surface area contributed by atoms with E-state index in [2.05, 4.69) is 20.5 Å². The fraction of sp³-hybridized carbons (Fsp3) is 0.176. The van der Waals surface area contributed by atoms with Gasteiger partial charge in [-0.3, -0.25) is 15.1 Å². The van der Waals surface area contributed by atoms with E-state index in [9.17, 15) is 17.6 Å². The topological polar surface area (TPSA) is 115 Å². The van der Waals surface area contributed by atoms with Gasteiger partial charge < -0.3 is 4.42 Å². The molecular weight excluding hydrogens is 375 g/mol. The molecule has 0 unspecified atom stereocenters. The van der Waals surface area contributed by atoms with Crippen LogP contribution in [0.15, 0.2) is 58.1 Å². The minimum atomic E-state index is -3.58. The van der Waals surface area contributed by atoms with Crippen LogP contribution in [0, 0.1) is 5.82 Å². The van der Waals surface area contributed by atoms with Gasteiger partial charge in [-0.25, -0.2) is 12.8 Å². The number of sulfone groups is 1. The zero-order valence-corrected chi connectivity index (χ0v) is 14.8. The van der Waals surface area contributed by atoms with Gasteiger partial charge in [0, 0.05) is 18.8 Å². The molecule has 140 valence electrons. The van der Waals surface area contributed by atoms with Crippen molar-refractivity contribution >= 4 is 21.8 Å². The quantitative estimate of drug-likeness (QED) is 0.616. The lowest BCUT2D eigenvalue weighted by Gasteiger charge is -2.04. The monoisotopic (exact) mass is 390 g/mol. The fourth-order valence-corrected chi connectivity index (χ4v) is 3.55. The highest BCUT2D eigenvalue weighted by molar-refractivity contribution is 7.91. The van der Waals surface area contributed by atoms with Crippen LogP contribution in [-0.4, -0.2) is 35.3 Å². The number of nitrogens with zero attached hydrogens (tertiary/aromatic N) is 3. The van der Waals surface area contributed by atoms with E-state index >= 15 is 0 Å². The number of hydrogen-bond donors (Lipinski definition) is 1. The van der Waals surface area contributed by atoms with Crippen molar-refractivity contribution in [2.45, 2.75) is 17.7 Å². The fourth-order valence-electron chi connectivity index (χ4n) is 2.24. The van der Waals surface area contributed by atoms with E-state index in [0.29, 0.717) is 5.56 Å². The molecule has 0 saturated heterocycles. The summed E-state index contributed by atoms with van der Waals surface area (Å²) in [6.07, 6.45) is 3.18. The second-order valence-corrected chi connectivity index (χ2v) is 7.69. The van der Waals surface area contributed by atoms with E-state index in [1.54, 1.807) is 24.5 Å². The van der Waals surface area contributed by atoms with Crippen LogP contribution in [0.25, 0.3) is 11.5 Å². The molecule has 3 aromatic rings. The molecule has 27 heavy (non-hydrogen) atoms. The molecule has 2 aromatic heterocycles. The Labute approximate surface area is 154 Å². The SMILES string of the molecule is O=C(CCCS(=O)(=O)c1ccc(F)cc1)Nc1nnc(-c2cccnc2)o1. The van der Waals surface area contributed by atoms with Crippen molar-refractivity contribution in [3.63, 3.8) is 0 Å². The number of pyridine rings is 1. The molecule has 3 rings (SSSR count). The Hall–Kier alpha value is -3.14. The number of nitrogens with one attached hydrogen (secondary N) is 1. The zero-order valence-electron chi connectivity index (χ0n) is 14.0. The number of halogens is 1. The smallest absolute Gasteiger partial charge is 0.322 e. The van der Waals surface area contributed by atoms with Gasteiger partial charge >= 0.3 is 6.01 Å². The maximum atomic E-state index is 12.9. The van der Waals surface area contributed by atoms with Crippen molar-refractivity contribution < 1.29 is 22.0 Å². The normalized spacial score (nSPS) is 11.3. The van der Waals surface area contributed by atoms with Gasteiger partial charge in [-0.15, -0.1) is 5.10 Å². The predicted molar refractivity (Wildman–Crippen MR) is 93.8 cm³/mol. The Balaban J connectivity index is 1.51. The molecule has 2 heterocycles. The van der Waals surface area contributed by atoms with E-state index in [-0.39, 0.29) is 35.4 Å². The van der Waals surface area contributed by atoms with E-state index < -0.39 is 21.6 Å². The van der Waals surface area contributed by atoms with Crippen LogP contribution in [0.3, 0.4) is 0 Å². The highest BCUT2D eigenvalue weighted by Crippen LogP contribution is 2.18. The molecule has 1 aromatic carbocycles. The molecule has 0 radical (unpaired) electrons. The lowest BCUT2D eigenvalue weighted by Crippen LogP contribution is -2.14. The predicted octanol–water partition coefficient (Wildman–Crippen LogP) is 2.46. The summed E-state index contributed by atoms with van der Waals surface area (Å²) in [7, 11) is -3.58.